The van der Waals surface area contributed by atoms with E-state index >= 15 is 0 Å². The molecule has 11 nitrogen and oxygen atoms in total. The van der Waals surface area contributed by atoms with Crippen LogP contribution in [0.1, 0.15) is 55.4 Å². The summed E-state index contributed by atoms with van der Waals surface area (Å²) in [4.78, 5) is 53.3. The number of nitrogens with two attached hydrogens (primary N) is 1. The van der Waals surface area contributed by atoms with Gasteiger partial charge in [-0.25, -0.2) is 14.4 Å². The molecule has 0 aromatic heterocycles. The van der Waals surface area contributed by atoms with Gasteiger partial charge in [-0.15, -0.1) is 0 Å². The predicted molar refractivity (Wildman–Crippen MR) is 120 cm³/mol. The zero-order chi connectivity index (χ0) is 26.2. The average Bonchev–Trinajstić information content (AvgIpc) is 2.68. The van der Waals surface area contributed by atoms with Gasteiger partial charge in [0, 0.05) is 0 Å². The number of alkyl carbamates (subject to hydrolysis) is 2. The van der Waals surface area contributed by atoms with Crippen LogP contribution < -0.4 is 16.4 Å². The van der Waals surface area contributed by atoms with E-state index in [1.165, 1.54) is 28.1 Å². The highest BCUT2D eigenvalue weighted by atomic mass is 16.5. The molecule has 0 aliphatic heterocycles. The predicted octanol–water partition coefficient (Wildman–Crippen LogP) is 1.97. The fourth-order valence-electron chi connectivity index (χ4n) is 2.09. The van der Waals surface area contributed by atoms with Crippen molar-refractivity contribution in [3.05, 3.63) is 0 Å². The van der Waals surface area contributed by atoms with Crippen molar-refractivity contribution in [2.24, 2.45) is 23.5 Å². The normalized spacial score (nSPS) is 12.8. The molecule has 3 atom stereocenters. The lowest BCUT2D eigenvalue weighted by molar-refractivity contribution is -0.140. The Morgan fingerprint density at radius 2 is 1.03 bits per heavy atom. The van der Waals surface area contributed by atoms with Crippen LogP contribution in [0.2, 0.25) is 0 Å². The standard InChI is InChI=1S/C8H15NO3.C7H13NO4.C6H13NO/c1-5(2)7(6(3)10)9-8(11)12-4;1-4(2)5(6(9)10)8-7(11)12-3;1-4(2)6(7)5(3)8/h5,7H,1-4H3,(H,9,11);4-5H,1-3H3,(H,8,11)(H,9,10);4,6H,7H2,1-3H3/t7-;5-;6-/m000/s1. The molecule has 0 saturated heterocycles. The average molecular weight is 464 g/mol. The number of ether oxygens (including phenoxy) is 2. The summed E-state index contributed by atoms with van der Waals surface area (Å²) < 4.78 is 8.65. The Bertz CT molecular complexity index is 566. The molecular weight excluding hydrogens is 422 g/mol. The third kappa shape index (κ3) is 17.0. The lowest BCUT2D eigenvalue weighted by Crippen LogP contribution is -2.44. The van der Waals surface area contributed by atoms with Crippen LogP contribution in [-0.4, -0.2) is 67.2 Å². The number of carboxylic acid groups (broad SMARTS) is 1. The molecule has 0 radical (unpaired) electrons. The topological polar surface area (TPSA) is 174 Å². The number of Topliss-reactive ketones (excluding diaryl/α,β-unsaturated/α-hetero) is 2. The number of carbonyl (C=O) groups is 5. The Morgan fingerprint density at radius 1 is 0.688 bits per heavy atom. The van der Waals surface area contributed by atoms with E-state index in [4.69, 9.17) is 10.8 Å². The molecule has 0 aliphatic carbocycles. The number of hydrogen-bond acceptors (Lipinski definition) is 8. The van der Waals surface area contributed by atoms with Gasteiger partial charge < -0.3 is 30.9 Å². The third-order valence-corrected chi connectivity index (χ3v) is 4.14. The molecule has 0 unspecified atom stereocenters. The summed E-state index contributed by atoms with van der Waals surface area (Å²) in [6.07, 6.45) is -1.29. The van der Waals surface area contributed by atoms with Gasteiger partial charge >= 0.3 is 18.2 Å². The van der Waals surface area contributed by atoms with Crippen LogP contribution in [0.3, 0.4) is 0 Å². The van der Waals surface area contributed by atoms with Crippen LogP contribution >= 0.6 is 0 Å². The minimum absolute atomic E-state index is 0.0598. The van der Waals surface area contributed by atoms with Crippen LogP contribution in [-0.2, 0) is 23.9 Å². The first-order chi connectivity index (χ1) is 14.5. The highest BCUT2D eigenvalue weighted by Gasteiger charge is 2.23. The quantitative estimate of drug-likeness (QED) is 0.419. The van der Waals surface area contributed by atoms with Crippen LogP contribution in [0.4, 0.5) is 9.59 Å². The van der Waals surface area contributed by atoms with E-state index in [9.17, 15) is 24.0 Å². The van der Waals surface area contributed by atoms with Crippen molar-refractivity contribution >= 4 is 29.7 Å². The molecule has 0 bridgehead atoms. The minimum atomic E-state index is -1.06. The number of rotatable bonds is 8. The first-order valence-electron chi connectivity index (χ1n) is 10.2. The highest BCUT2D eigenvalue weighted by Crippen LogP contribution is 2.03. The molecule has 0 aromatic rings. The van der Waals surface area contributed by atoms with Gasteiger partial charge in [0.1, 0.15) is 11.8 Å². The van der Waals surface area contributed by atoms with Crippen molar-refractivity contribution in [2.45, 2.75) is 73.5 Å². The number of amides is 2. The molecule has 0 fully saturated rings. The van der Waals surface area contributed by atoms with Gasteiger partial charge in [0.25, 0.3) is 0 Å². The second kappa shape index (κ2) is 17.9. The molecule has 11 heteroatoms. The molecule has 188 valence electrons. The summed E-state index contributed by atoms with van der Waals surface area (Å²) in [6, 6.07) is -1.61. The number of carbonyl (C=O) groups excluding carboxylic acids is 4. The van der Waals surface area contributed by atoms with Crippen LogP contribution in [0.15, 0.2) is 0 Å². The largest absolute Gasteiger partial charge is 0.480 e. The van der Waals surface area contributed by atoms with Crippen LogP contribution in [0.5, 0.6) is 0 Å². The van der Waals surface area contributed by atoms with E-state index in [0.29, 0.717) is 0 Å². The summed E-state index contributed by atoms with van der Waals surface area (Å²) in [7, 11) is 2.46. The summed E-state index contributed by atoms with van der Waals surface area (Å²) >= 11 is 0. The fraction of sp³-hybridized carbons (Fsp3) is 0.762. The summed E-state index contributed by atoms with van der Waals surface area (Å²) in [5.41, 5.74) is 5.41. The Kier molecular flexibility index (Phi) is 19.0. The molecule has 0 aromatic carbocycles. The van der Waals surface area contributed by atoms with Gasteiger partial charge in [-0.1, -0.05) is 41.5 Å². The fourth-order valence-corrected chi connectivity index (χ4v) is 2.09. The maximum absolute atomic E-state index is 11.0. The van der Waals surface area contributed by atoms with Crippen molar-refractivity contribution < 1.29 is 38.6 Å². The Hall–Kier alpha value is -2.69. The molecule has 0 heterocycles. The van der Waals surface area contributed by atoms with Gasteiger partial charge in [0.15, 0.2) is 5.78 Å². The molecule has 32 heavy (non-hydrogen) atoms. The number of hydrogen-bond donors (Lipinski definition) is 4. The minimum Gasteiger partial charge on any atom is -0.480 e. The Labute approximate surface area is 190 Å². The van der Waals surface area contributed by atoms with Crippen molar-refractivity contribution in [3.63, 3.8) is 0 Å². The van der Waals surface area contributed by atoms with Crippen molar-refractivity contribution in [1.29, 1.82) is 0 Å². The van der Waals surface area contributed by atoms with Gasteiger partial charge in [0.05, 0.1) is 26.3 Å². The van der Waals surface area contributed by atoms with E-state index in [-0.39, 0.29) is 35.4 Å². The molecule has 0 spiro atoms. The summed E-state index contributed by atoms with van der Waals surface area (Å²) in [6.45, 7) is 14.0. The molecule has 5 N–H and O–H groups in total. The maximum Gasteiger partial charge on any atom is 0.407 e. The molecule has 0 saturated carbocycles. The zero-order valence-corrected chi connectivity index (χ0v) is 20.8. The lowest BCUT2D eigenvalue weighted by atomic mass is 10.0. The second-order valence-electron chi connectivity index (χ2n) is 8.04. The smallest absolute Gasteiger partial charge is 0.407 e. The molecule has 0 rings (SSSR count). The van der Waals surface area contributed by atoms with E-state index in [1.807, 2.05) is 27.7 Å². The van der Waals surface area contributed by atoms with E-state index in [0.717, 1.165) is 0 Å². The molecule has 0 aliphatic rings. The Morgan fingerprint density at radius 3 is 1.19 bits per heavy atom. The van der Waals surface area contributed by atoms with Gasteiger partial charge in [-0.3, -0.25) is 9.59 Å². The molecular formula is C21H41N3O8. The van der Waals surface area contributed by atoms with Gasteiger partial charge in [0.2, 0.25) is 0 Å². The summed E-state index contributed by atoms with van der Waals surface area (Å²) in [5.74, 6) is -0.860. The van der Waals surface area contributed by atoms with E-state index in [1.54, 1.807) is 13.8 Å². The van der Waals surface area contributed by atoms with Gasteiger partial charge in [-0.05, 0) is 31.6 Å². The van der Waals surface area contributed by atoms with Crippen LogP contribution in [0.25, 0.3) is 0 Å². The third-order valence-electron chi connectivity index (χ3n) is 4.14. The maximum atomic E-state index is 11.0. The Balaban J connectivity index is -0.000000404. The number of aliphatic carboxylic acids is 1. The van der Waals surface area contributed by atoms with Crippen molar-refractivity contribution in [3.8, 4) is 0 Å². The highest BCUT2D eigenvalue weighted by molar-refractivity contribution is 5.85. The summed E-state index contributed by atoms with van der Waals surface area (Å²) in [5, 5.41) is 13.3. The second-order valence-corrected chi connectivity index (χ2v) is 8.04. The number of carboxylic acids is 1. The van der Waals surface area contributed by atoms with E-state index in [2.05, 4.69) is 20.1 Å². The molecule has 2 amide bonds. The SMILES string of the molecule is CC(=O)[C@@H](N)C(C)C.COC(=O)N[C@H](C(=O)O)C(C)C.COC(=O)N[C@H](C(C)=O)C(C)C. The van der Waals surface area contributed by atoms with Crippen molar-refractivity contribution in [2.75, 3.05) is 14.2 Å². The number of ketones is 2. The van der Waals surface area contributed by atoms with E-state index < -0.39 is 30.2 Å². The van der Waals surface area contributed by atoms with Crippen LogP contribution in [0, 0.1) is 17.8 Å². The monoisotopic (exact) mass is 463 g/mol. The van der Waals surface area contributed by atoms with Gasteiger partial charge in [-0.2, -0.15) is 0 Å². The van der Waals surface area contributed by atoms with Crippen molar-refractivity contribution in [1.82, 2.24) is 10.6 Å². The first-order valence-corrected chi connectivity index (χ1v) is 10.2. The lowest BCUT2D eigenvalue weighted by Gasteiger charge is -2.18. The number of nitrogens with one attached hydrogen (secondary N) is 2. The first kappa shape index (κ1) is 33.9. The number of methoxy groups -OCH3 is 2. The zero-order valence-electron chi connectivity index (χ0n) is 20.8.